The molecule has 4 heteroatoms. The maximum atomic E-state index is 8.96. The van der Waals surface area contributed by atoms with E-state index in [1.807, 2.05) is 47.8 Å². The lowest BCUT2D eigenvalue weighted by molar-refractivity contribution is 1.07. The summed E-state index contributed by atoms with van der Waals surface area (Å²) < 4.78 is 0. The smallest absolute Gasteiger partial charge is 0.124 e. The fourth-order valence-electron chi connectivity index (χ4n) is 2.07. The quantitative estimate of drug-likeness (QED) is 0.798. The number of hydrogen-bond donors (Lipinski definition) is 1. The molecule has 0 spiro atoms. The molecule has 3 rings (SSSR count). The Bertz CT molecular complexity index is 797. The van der Waals surface area contributed by atoms with E-state index in [-0.39, 0.29) is 0 Å². The topological polar surface area (TPSA) is 62.7 Å². The van der Waals surface area contributed by atoms with E-state index < -0.39 is 0 Å². The average molecular weight is 291 g/mol. The number of aromatic nitrogens is 1. The summed E-state index contributed by atoms with van der Waals surface area (Å²) >= 11 is 1.60. The lowest BCUT2D eigenvalue weighted by atomic mass is 10.1. The summed E-state index contributed by atoms with van der Waals surface area (Å²) in [6, 6.07) is 17.8. The zero-order valence-corrected chi connectivity index (χ0v) is 12.1. The molecule has 2 aromatic carbocycles. The van der Waals surface area contributed by atoms with Gasteiger partial charge < -0.3 is 5.73 Å². The van der Waals surface area contributed by atoms with Crippen molar-refractivity contribution in [3.05, 3.63) is 65.0 Å². The highest BCUT2D eigenvalue weighted by Gasteiger charge is 2.07. The third kappa shape index (κ3) is 2.84. The van der Waals surface area contributed by atoms with Gasteiger partial charge in [-0.2, -0.15) is 5.26 Å². The van der Waals surface area contributed by atoms with Crippen LogP contribution in [0.25, 0.3) is 21.8 Å². The van der Waals surface area contributed by atoms with Crippen LogP contribution in [0.15, 0.2) is 53.9 Å². The van der Waals surface area contributed by atoms with Crippen LogP contribution in [0.2, 0.25) is 0 Å². The third-order valence-electron chi connectivity index (χ3n) is 3.23. The number of benzene rings is 2. The van der Waals surface area contributed by atoms with Crippen molar-refractivity contribution in [3.63, 3.8) is 0 Å². The number of nitrogens with zero attached hydrogens (tertiary/aromatic N) is 2. The van der Waals surface area contributed by atoms with Crippen molar-refractivity contribution < 1.29 is 0 Å². The van der Waals surface area contributed by atoms with Gasteiger partial charge in [0.1, 0.15) is 5.01 Å². The molecule has 0 aliphatic carbocycles. The number of nitrogens with two attached hydrogens (primary N) is 1. The van der Waals surface area contributed by atoms with Gasteiger partial charge >= 0.3 is 0 Å². The van der Waals surface area contributed by atoms with Gasteiger partial charge in [-0.25, -0.2) is 4.98 Å². The van der Waals surface area contributed by atoms with Crippen LogP contribution in [0.5, 0.6) is 0 Å². The Hall–Kier alpha value is -2.48. The fraction of sp³-hybridized carbons (Fsp3) is 0.0588. The van der Waals surface area contributed by atoms with E-state index in [2.05, 4.69) is 11.1 Å². The highest BCUT2D eigenvalue weighted by atomic mass is 32.1. The third-order valence-corrected chi connectivity index (χ3v) is 4.12. The first-order valence-electron chi connectivity index (χ1n) is 6.55. The van der Waals surface area contributed by atoms with Crippen molar-refractivity contribution in [2.24, 2.45) is 5.73 Å². The molecule has 102 valence electrons. The summed E-state index contributed by atoms with van der Waals surface area (Å²) in [6.45, 7) is 0.546. The number of thiazole rings is 1. The molecule has 0 amide bonds. The van der Waals surface area contributed by atoms with Gasteiger partial charge in [0.2, 0.25) is 0 Å². The summed E-state index contributed by atoms with van der Waals surface area (Å²) in [5.41, 5.74) is 10.3. The lowest BCUT2D eigenvalue weighted by Crippen LogP contribution is -1.95. The number of hydrogen-bond acceptors (Lipinski definition) is 4. The van der Waals surface area contributed by atoms with Crippen LogP contribution in [-0.2, 0) is 6.54 Å². The Labute approximate surface area is 127 Å². The first-order chi connectivity index (χ1) is 10.3. The highest BCUT2D eigenvalue weighted by Crippen LogP contribution is 2.29. The van der Waals surface area contributed by atoms with Crippen molar-refractivity contribution >= 4 is 11.3 Å². The molecule has 1 aromatic heterocycles. The molecule has 2 N–H and O–H groups in total. The minimum Gasteiger partial charge on any atom is -0.326 e. The van der Waals surface area contributed by atoms with E-state index in [9.17, 15) is 0 Å². The Morgan fingerprint density at radius 1 is 1.10 bits per heavy atom. The van der Waals surface area contributed by atoms with Crippen molar-refractivity contribution in [2.45, 2.75) is 6.54 Å². The minimum absolute atomic E-state index is 0.546. The normalized spacial score (nSPS) is 10.3. The Morgan fingerprint density at radius 3 is 2.62 bits per heavy atom. The summed E-state index contributed by atoms with van der Waals surface area (Å²) in [5.74, 6) is 0. The van der Waals surface area contributed by atoms with E-state index in [4.69, 9.17) is 11.0 Å². The Morgan fingerprint density at radius 2 is 1.90 bits per heavy atom. The van der Waals surface area contributed by atoms with Crippen LogP contribution in [0.3, 0.4) is 0 Å². The predicted molar refractivity (Wildman–Crippen MR) is 85.6 cm³/mol. The van der Waals surface area contributed by atoms with Crippen LogP contribution in [0.4, 0.5) is 0 Å². The first-order valence-corrected chi connectivity index (χ1v) is 7.43. The lowest BCUT2D eigenvalue weighted by Gasteiger charge is -1.99. The average Bonchev–Trinajstić information content (AvgIpc) is 3.05. The second-order valence-corrected chi connectivity index (χ2v) is 5.49. The molecular weight excluding hydrogens is 278 g/mol. The van der Waals surface area contributed by atoms with Crippen LogP contribution in [0, 0.1) is 11.3 Å². The molecule has 0 unspecified atom stereocenters. The monoisotopic (exact) mass is 291 g/mol. The molecule has 0 bridgehead atoms. The van der Waals surface area contributed by atoms with Gasteiger partial charge in [-0.1, -0.05) is 36.4 Å². The van der Waals surface area contributed by atoms with Gasteiger partial charge in [-0.05, 0) is 17.7 Å². The fourth-order valence-corrected chi connectivity index (χ4v) is 2.91. The van der Waals surface area contributed by atoms with E-state index in [1.54, 1.807) is 17.4 Å². The van der Waals surface area contributed by atoms with E-state index >= 15 is 0 Å². The molecule has 0 aliphatic heterocycles. The van der Waals surface area contributed by atoms with Gasteiger partial charge in [-0.3, -0.25) is 0 Å². The second-order valence-electron chi connectivity index (χ2n) is 4.63. The SMILES string of the molecule is N#Cc1cccc(-c2csc(-c3ccc(CN)cc3)n2)c1. The predicted octanol–water partition coefficient (Wildman–Crippen LogP) is 3.81. The number of rotatable bonds is 3. The molecular formula is C17H13N3S. The van der Waals surface area contributed by atoms with Crippen LogP contribution >= 0.6 is 11.3 Å². The van der Waals surface area contributed by atoms with Crippen molar-refractivity contribution in [3.8, 4) is 27.9 Å². The zero-order valence-electron chi connectivity index (χ0n) is 11.3. The second kappa shape index (κ2) is 5.88. The first kappa shape index (κ1) is 13.5. The highest BCUT2D eigenvalue weighted by molar-refractivity contribution is 7.13. The molecule has 1 heterocycles. The standard InChI is InChI=1S/C17H13N3S/c18-9-12-4-6-14(7-5-12)17-20-16(11-21-17)15-3-1-2-13(8-15)10-19/h1-8,11H,9,18H2. The van der Waals surface area contributed by atoms with Gasteiger partial charge in [0.25, 0.3) is 0 Å². The molecule has 3 aromatic rings. The van der Waals surface area contributed by atoms with E-state index in [0.717, 1.165) is 27.4 Å². The maximum absolute atomic E-state index is 8.96. The summed E-state index contributed by atoms with van der Waals surface area (Å²) in [6.07, 6.45) is 0. The van der Waals surface area contributed by atoms with Gasteiger partial charge in [0, 0.05) is 23.1 Å². The van der Waals surface area contributed by atoms with Crippen LogP contribution in [0.1, 0.15) is 11.1 Å². The minimum atomic E-state index is 0.546. The molecule has 0 aliphatic rings. The molecule has 3 nitrogen and oxygen atoms in total. The van der Waals surface area contributed by atoms with Crippen molar-refractivity contribution in [1.29, 1.82) is 5.26 Å². The van der Waals surface area contributed by atoms with E-state index in [1.165, 1.54) is 0 Å². The van der Waals surface area contributed by atoms with Crippen molar-refractivity contribution in [2.75, 3.05) is 0 Å². The summed E-state index contributed by atoms with van der Waals surface area (Å²) in [5, 5.41) is 11.9. The number of nitriles is 1. The van der Waals surface area contributed by atoms with E-state index in [0.29, 0.717) is 12.1 Å². The largest absolute Gasteiger partial charge is 0.326 e. The molecule has 0 fully saturated rings. The van der Waals surface area contributed by atoms with Crippen LogP contribution in [-0.4, -0.2) is 4.98 Å². The Balaban J connectivity index is 1.93. The summed E-state index contributed by atoms with van der Waals surface area (Å²) in [4.78, 5) is 4.66. The molecule has 0 atom stereocenters. The molecule has 0 saturated heterocycles. The van der Waals surface area contributed by atoms with Crippen molar-refractivity contribution in [1.82, 2.24) is 4.98 Å². The molecule has 21 heavy (non-hydrogen) atoms. The molecule has 0 radical (unpaired) electrons. The van der Waals surface area contributed by atoms with Crippen LogP contribution < -0.4 is 5.73 Å². The maximum Gasteiger partial charge on any atom is 0.124 e. The summed E-state index contributed by atoms with van der Waals surface area (Å²) in [7, 11) is 0. The van der Waals surface area contributed by atoms with Gasteiger partial charge in [0.15, 0.2) is 0 Å². The van der Waals surface area contributed by atoms with Gasteiger partial charge in [-0.15, -0.1) is 11.3 Å². The molecule has 0 saturated carbocycles. The Kier molecular flexibility index (Phi) is 3.78. The zero-order chi connectivity index (χ0) is 14.7. The van der Waals surface area contributed by atoms with Gasteiger partial charge in [0.05, 0.1) is 17.3 Å².